The SMILES string of the molecule is O=C(O)CC1CCCCN1C(=O)CCOCC(F)F. The predicted molar refractivity (Wildman–Crippen MR) is 63.0 cm³/mol. The third kappa shape index (κ3) is 5.96. The Morgan fingerprint density at radius 1 is 1.37 bits per heavy atom. The molecule has 0 radical (unpaired) electrons. The van der Waals surface area contributed by atoms with E-state index in [1.165, 1.54) is 0 Å². The van der Waals surface area contributed by atoms with Gasteiger partial charge in [0.1, 0.15) is 6.61 Å². The zero-order valence-electron chi connectivity index (χ0n) is 10.7. The Hall–Kier alpha value is -1.24. The molecule has 0 aromatic rings. The van der Waals surface area contributed by atoms with Crippen molar-refractivity contribution in [1.29, 1.82) is 0 Å². The zero-order chi connectivity index (χ0) is 14.3. The Balaban J connectivity index is 2.37. The lowest BCUT2D eigenvalue weighted by atomic mass is 9.99. The first-order chi connectivity index (χ1) is 9.00. The van der Waals surface area contributed by atoms with Crippen LogP contribution < -0.4 is 0 Å². The first kappa shape index (κ1) is 15.8. The molecular weight excluding hydrogens is 260 g/mol. The van der Waals surface area contributed by atoms with Crippen molar-refractivity contribution >= 4 is 11.9 Å². The number of carbonyl (C=O) groups excluding carboxylic acids is 1. The van der Waals surface area contributed by atoms with Crippen LogP contribution in [0.3, 0.4) is 0 Å². The molecule has 0 saturated carbocycles. The Morgan fingerprint density at radius 3 is 2.74 bits per heavy atom. The molecule has 0 spiro atoms. The molecule has 0 aliphatic carbocycles. The maximum absolute atomic E-state index is 11.9. The third-order valence-electron chi connectivity index (χ3n) is 3.06. The van der Waals surface area contributed by atoms with Crippen LogP contribution in [0.25, 0.3) is 0 Å². The number of amides is 1. The van der Waals surface area contributed by atoms with Gasteiger partial charge in [0.25, 0.3) is 6.43 Å². The van der Waals surface area contributed by atoms with Crippen molar-refractivity contribution in [3.8, 4) is 0 Å². The maximum atomic E-state index is 11.9. The van der Waals surface area contributed by atoms with Gasteiger partial charge in [-0.1, -0.05) is 0 Å². The number of carboxylic acids is 1. The lowest BCUT2D eigenvalue weighted by Gasteiger charge is -2.35. The van der Waals surface area contributed by atoms with Crippen molar-refractivity contribution < 1.29 is 28.2 Å². The summed E-state index contributed by atoms with van der Waals surface area (Å²) in [5.41, 5.74) is 0. The van der Waals surface area contributed by atoms with E-state index in [0.29, 0.717) is 13.0 Å². The van der Waals surface area contributed by atoms with E-state index in [4.69, 9.17) is 5.11 Å². The van der Waals surface area contributed by atoms with Crippen LogP contribution >= 0.6 is 0 Å². The lowest BCUT2D eigenvalue weighted by Crippen LogP contribution is -2.45. The molecule has 1 amide bonds. The molecule has 0 aromatic carbocycles. The summed E-state index contributed by atoms with van der Waals surface area (Å²) in [5, 5.41) is 8.79. The Labute approximate surface area is 110 Å². The van der Waals surface area contributed by atoms with Crippen molar-refractivity contribution in [2.45, 2.75) is 44.6 Å². The van der Waals surface area contributed by atoms with E-state index in [2.05, 4.69) is 4.74 Å². The molecule has 1 heterocycles. The Bertz CT molecular complexity index is 312. The fraction of sp³-hybridized carbons (Fsp3) is 0.833. The normalized spacial score (nSPS) is 19.7. The molecule has 1 rings (SSSR count). The van der Waals surface area contributed by atoms with Crippen molar-refractivity contribution in [1.82, 2.24) is 4.90 Å². The van der Waals surface area contributed by atoms with E-state index in [9.17, 15) is 18.4 Å². The fourth-order valence-electron chi connectivity index (χ4n) is 2.22. The second kappa shape index (κ2) is 8.04. The highest BCUT2D eigenvalue weighted by Crippen LogP contribution is 2.20. The second-order valence-electron chi connectivity index (χ2n) is 4.55. The van der Waals surface area contributed by atoms with Gasteiger partial charge in [0.05, 0.1) is 19.4 Å². The van der Waals surface area contributed by atoms with Gasteiger partial charge in [0.15, 0.2) is 0 Å². The van der Waals surface area contributed by atoms with Crippen molar-refractivity contribution in [3.63, 3.8) is 0 Å². The standard InChI is InChI=1S/C12H19F2NO4/c13-10(14)8-19-6-4-11(16)15-5-2-1-3-9(15)7-12(17)18/h9-10H,1-8H2,(H,17,18). The molecule has 1 aliphatic rings. The number of piperidine rings is 1. The summed E-state index contributed by atoms with van der Waals surface area (Å²) in [5.74, 6) is -1.15. The lowest BCUT2D eigenvalue weighted by molar-refractivity contribution is -0.142. The van der Waals surface area contributed by atoms with E-state index >= 15 is 0 Å². The van der Waals surface area contributed by atoms with Gasteiger partial charge < -0.3 is 14.7 Å². The molecule has 7 heteroatoms. The molecule has 5 nitrogen and oxygen atoms in total. The highest BCUT2D eigenvalue weighted by Gasteiger charge is 2.27. The number of aliphatic carboxylic acids is 1. The monoisotopic (exact) mass is 279 g/mol. The van der Waals surface area contributed by atoms with Gasteiger partial charge in [-0.25, -0.2) is 8.78 Å². The third-order valence-corrected chi connectivity index (χ3v) is 3.06. The average Bonchev–Trinajstić information content (AvgIpc) is 2.34. The van der Waals surface area contributed by atoms with Gasteiger partial charge in [-0.15, -0.1) is 0 Å². The van der Waals surface area contributed by atoms with Crippen LogP contribution in [0.2, 0.25) is 0 Å². The number of alkyl halides is 2. The number of hydrogen-bond acceptors (Lipinski definition) is 3. The summed E-state index contributed by atoms with van der Waals surface area (Å²) in [6.45, 7) is -0.197. The van der Waals surface area contributed by atoms with Crippen LogP contribution in [-0.2, 0) is 14.3 Å². The smallest absolute Gasteiger partial charge is 0.305 e. The topological polar surface area (TPSA) is 66.8 Å². The first-order valence-electron chi connectivity index (χ1n) is 6.38. The highest BCUT2D eigenvalue weighted by atomic mass is 19.3. The number of halogens is 2. The number of ether oxygens (including phenoxy) is 1. The highest BCUT2D eigenvalue weighted by molar-refractivity contribution is 5.77. The quantitative estimate of drug-likeness (QED) is 0.717. The first-order valence-corrected chi connectivity index (χ1v) is 6.38. The van der Waals surface area contributed by atoms with Crippen LogP contribution in [0, 0.1) is 0 Å². The second-order valence-corrected chi connectivity index (χ2v) is 4.55. The molecule has 110 valence electrons. The molecule has 1 atom stereocenters. The van der Waals surface area contributed by atoms with E-state index in [1.807, 2.05) is 0 Å². The summed E-state index contributed by atoms with van der Waals surface area (Å²) in [4.78, 5) is 24.2. The molecule has 1 fully saturated rings. The molecule has 0 bridgehead atoms. The van der Waals surface area contributed by atoms with Crippen molar-refractivity contribution in [2.75, 3.05) is 19.8 Å². The minimum atomic E-state index is -2.54. The minimum Gasteiger partial charge on any atom is -0.481 e. The summed E-state index contributed by atoms with van der Waals surface area (Å²) < 4.78 is 28.3. The zero-order valence-corrected chi connectivity index (χ0v) is 10.7. The molecule has 1 N–H and O–H groups in total. The molecule has 19 heavy (non-hydrogen) atoms. The van der Waals surface area contributed by atoms with Crippen LogP contribution in [0.4, 0.5) is 8.78 Å². The number of hydrogen-bond donors (Lipinski definition) is 1. The van der Waals surface area contributed by atoms with Gasteiger partial charge in [0.2, 0.25) is 5.91 Å². The van der Waals surface area contributed by atoms with E-state index in [0.717, 1.165) is 12.8 Å². The number of nitrogens with zero attached hydrogens (tertiary/aromatic N) is 1. The Morgan fingerprint density at radius 2 is 2.11 bits per heavy atom. The largest absolute Gasteiger partial charge is 0.481 e. The van der Waals surface area contributed by atoms with Gasteiger partial charge in [0, 0.05) is 12.6 Å². The van der Waals surface area contributed by atoms with E-state index in [-0.39, 0.29) is 31.4 Å². The minimum absolute atomic E-state index is 0.0167. The summed E-state index contributed by atoms with van der Waals surface area (Å²) >= 11 is 0. The number of likely N-dealkylation sites (tertiary alicyclic amines) is 1. The fourth-order valence-corrected chi connectivity index (χ4v) is 2.22. The molecular formula is C12H19F2NO4. The number of carboxylic acid groups (broad SMARTS) is 1. The number of rotatable bonds is 7. The van der Waals surface area contributed by atoms with Gasteiger partial charge >= 0.3 is 5.97 Å². The van der Waals surface area contributed by atoms with Gasteiger partial charge in [-0.3, -0.25) is 9.59 Å². The molecule has 1 unspecified atom stereocenters. The molecule has 1 aliphatic heterocycles. The van der Waals surface area contributed by atoms with Crippen LogP contribution in [0.15, 0.2) is 0 Å². The van der Waals surface area contributed by atoms with Gasteiger partial charge in [-0.05, 0) is 19.3 Å². The van der Waals surface area contributed by atoms with Crippen LogP contribution in [0.1, 0.15) is 32.1 Å². The van der Waals surface area contributed by atoms with Crippen molar-refractivity contribution in [3.05, 3.63) is 0 Å². The Kier molecular flexibility index (Phi) is 6.69. The molecule has 0 aromatic heterocycles. The summed E-state index contributed by atoms with van der Waals surface area (Å²) in [7, 11) is 0. The van der Waals surface area contributed by atoms with Crippen molar-refractivity contribution in [2.24, 2.45) is 0 Å². The van der Waals surface area contributed by atoms with Crippen LogP contribution in [0.5, 0.6) is 0 Å². The maximum Gasteiger partial charge on any atom is 0.305 e. The predicted octanol–water partition coefficient (Wildman–Crippen LogP) is 1.51. The number of carbonyl (C=O) groups is 2. The average molecular weight is 279 g/mol. The molecule has 1 saturated heterocycles. The van der Waals surface area contributed by atoms with E-state index < -0.39 is 19.0 Å². The van der Waals surface area contributed by atoms with E-state index in [1.54, 1.807) is 4.90 Å². The summed E-state index contributed by atoms with van der Waals surface area (Å²) in [6.07, 6.45) is -0.156. The van der Waals surface area contributed by atoms with Gasteiger partial charge in [-0.2, -0.15) is 0 Å². The summed E-state index contributed by atoms with van der Waals surface area (Å²) in [6, 6.07) is -0.283. The van der Waals surface area contributed by atoms with Crippen LogP contribution in [-0.4, -0.2) is 54.1 Å².